The minimum atomic E-state index is 0.0243. The van der Waals surface area contributed by atoms with Crippen molar-refractivity contribution >= 4 is 22.4 Å². The minimum absolute atomic E-state index is 0.0243. The van der Waals surface area contributed by atoms with E-state index < -0.39 is 0 Å². The second-order valence-electron chi connectivity index (χ2n) is 3.23. The summed E-state index contributed by atoms with van der Waals surface area (Å²) < 4.78 is 0. The van der Waals surface area contributed by atoms with Crippen LogP contribution in [0.25, 0.3) is 10.9 Å². The van der Waals surface area contributed by atoms with E-state index in [2.05, 4.69) is 4.98 Å². The van der Waals surface area contributed by atoms with Crippen molar-refractivity contribution in [1.29, 1.82) is 0 Å². The van der Waals surface area contributed by atoms with E-state index in [1.54, 1.807) is 18.3 Å². The molecule has 0 atom stereocenters. The fourth-order valence-corrected chi connectivity index (χ4v) is 1.33. The summed E-state index contributed by atoms with van der Waals surface area (Å²) >= 11 is 0. The van der Waals surface area contributed by atoms with E-state index in [1.165, 1.54) is 6.92 Å². The summed E-state index contributed by atoms with van der Waals surface area (Å²) in [4.78, 5) is 15.3. The van der Waals surface area contributed by atoms with Crippen LogP contribution in [0.5, 0.6) is 0 Å². The number of carbonyl (C=O) groups excluding carboxylic acids is 1. The van der Waals surface area contributed by atoms with Gasteiger partial charge in [-0.3, -0.25) is 9.78 Å². The van der Waals surface area contributed by atoms with Crippen molar-refractivity contribution in [2.75, 3.05) is 5.73 Å². The second-order valence-corrected chi connectivity index (χ2v) is 3.23. The van der Waals surface area contributed by atoms with Gasteiger partial charge in [0.15, 0.2) is 5.78 Å². The maximum atomic E-state index is 11.1. The Kier molecular flexibility index (Phi) is 1.93. The van der Waals surface area contributed by atoms with Gasteiger partial charge in [-0.05, 0) is 25.1 Å². The van der Waals surface area contributed by atoms with Crippen LogP contribution in [0.1, 0.15) is 17.3 Å². The molecule has 0 aliphatic heterocycles. The molecule has 0 aliphatic carbocycles. The molecule has 2 rings (SSSR count). The van der Waals surface area contributed by atoms with E-state index in [1.807, 2.05) is 12.1 Å². The fourth-order valence-electron chi connectivity index (χ4n) is 1.33. The predicted octanol–water partition coefficient (Wildman–Crippen LogP) is 2.02. The van der Waals surface area contributed by atoms with Crippen LogP contribution in [-0.2, 0) is 0 Å². The Morgan fingerprint density at radius 2 is 2.14 bits per heavy atom. The molecule has 2 aromatic rings. The van der Waals surface area contributed by atoms with Gasteiger partial charge in [-0.25, -0.2) is 0 Å². The molecular weight excluding hydrogens is 176 g/mol. The van der Waals surface area contributed by atoms with Crippen molar-refractivity contribution in [2.24, 2.45) is 0 Å². The van der Waals surface area contributed by atoms with E-state index in [-0.39, 0.29) is 5.78 Å². The molecule has 0 saturated carbocycles. The summed E-state index contributed by atoms with van der Waals surface area (Å²) in [5.41, 5.74) is 7.74. The molecule has 0 aliphatic rings. The van der Waals surface area contributed by atoms with Crippen molar-refractivity contribution in [3.8, 4) is 0 Å². The maximum absolute atomic E-state index is 11.1. The highest BCUT2D eigenvalue weighted by Gasteiger charge is 2.01. The molecule has 0 radical (unpaired) electrons. The standard InChI is InChI=1S/C11H10N2O/c1-7(14)9-4-8-2-3-10(12)5-11(8)13-6-9/h2-6H,12H2,1H3. The zero-order valence-electron chi connectivity index (χ0n) is 7.82. The molecule has 0 fully saturated rings. The number of nitrogens with zero attached hydrogens (tertiary/aromatic N) is 1. The second kappa shape index (κ2) is 3.10. The predicted molar refractivity (Wildman–Crippen MR) is 56.2 cm³/mol. The molecule has 0 amide bonds. The average molecular weight is 186 g/mol. The zero-order valence-corrected chi connectivity index (χ0v) is 7.82. The van der Waals surface area contributed by atoms with E-state index in [9.17, 15) is 4.79 Å². The monoisotopic (exact) mass is 186 g/mol. The summed E-state index contributed by atoms with van der Waals surface area (Å²) in [5.74, 6) is 0.0243. The third-order valence-corrected chi connectivity index (χ3v) is 2.11. The van der Waals surface area contributed by atoms with Gasteiger partial charge in [-0.15, -0.1) is 0 Å². The molecule has 1 aromatic carbocycles. The number of nitrogens with two attached hydrogens (primary N) is 1. The fraction of sp³-hybridized carbons (Fsp3) is 0.0909. The highest BCUT2D eigenvalue weighted by molar-refractivity contribution is 5.97. The van der Waals surface area contributed by atoms with E-state index in [0.29, 0.717) is 11.3 Å². The van der Waals surface area contributed by atoms with Crippen molar-refractivity contribution in [1.82, 2.24) is 4.98 Å². The van der Waals surface area contributed by atoms with Gasteiger partial charge in [0.05, 0.1) is 5.52 Å². The van der Waals surface area contributed by atoms with Gasteiger partial charge in [-0.2, -0.15) is 0 Å². The molecule has 70 valence electrons. The molecule has 0 spiro atoms. The van der Waals surface area contributed by atoms with Crippen molar-refractivity contribution in [3.05, 3.63) is 36.0 Å². The molecule has 3 heteroatoms. The first-order chi connectivity index (χ1) is 6.66. The molecule has 3 nitrogen and oxygen atoms in total. The quantitative estimate of drug-likeness (QED) is 0.547. The van der Waals surface area contributed by atoms with Gasteiger partial charge < -0.3 is 5.73 Å². The lowest BCUT2D eigenvalue weighted by Gasteiger charge is -2.00. The molecular formula is C11H10N2O. The number of benzene rings is 1. The summed E-state index contributed by atoms with van der Waals surface area (Å²) in [7, 11) is 0. The van der Waals surface area contributed by atoms with E-state index in [0.717, 1.165) is 10.9 Å². The van der Waals surface area contributed by atoms with Crippen molar-refractivity contribution < 1.29 is 4.79 Å². The molecule has 0 saturated heterocycles. The van der Waals surface area contributed by atoms with Crippen LogP contribution in [0.2, 0.25) is 0 Å². The number of hydrogen-bond acceptors (Lipinski definition) is 3. The smallest absolute Gasteiger partial charge is 0.161 e. The third-order valence-electron chi connectivity index (χ3n) is 2.11. The van der Waals surface area contributed by atoms with Gasteiger partial charge in [0.2, 0.25) is 0 Å². The molecule has 0 bridgehead atoms. The summed E-state index contributed by atoms with van der Waals surface area (Å²) in [6, 6.07) is 7.28. The number of rotatable bonds is 1. The van der Waals surface area contributed by atoms with Crippen LogP contribution < -0.4 is 5.73 Å². The zero-order chi connectivity index (χ0) is 10.1. The molecule has 2 N–H and O–H groups in total. The Labute approximate surface area is 81.6 Å². The Hall–Kier alpha value is -1.90. The van der Waals surface area contributed by atoms with Crippen LogP contribution in [0, 0.1) is 0 Å². The molecule has 14 heavy (non-hydrogen) atoms. The van der Waals surface area contributed by atoms with E-state index in [4.69, 9.17) is 5.73 Å². The average Bonchev–Trinajstić information content (AvgIpc) is 2.16. The lowest BCUT2D eigenvalue weighted by molar-refractivity contribution is 0.101. The van der Waals surface area contributed by atoms with Crippen molar-refractivity contribution in [2.45, 2.75) is 6.92 Å². The number of nitrogen functional groups attached to an aromatic ring is 1. The normalized spacial score (nSPS) is 10.4. The molecule has 0 unspecified atom stereocenters. The largest absolute Gasteiger partial charge is 0.399 e. The van der Waals surface area contributed by atoms with E-state index >= 15 is 0 Å². The van der Waals surface area contributed by atoms with Crippen LogP contribution >= 0.6 is 0 Å². The Morgan fingerprint density at radius 3 is 2.86 bits per heavy atom. The van der Waals surface area contributed by atoms with Crippen LogP contribution in [0.15, 0.2) is 30.5 Å². The lowest BCUT2D eigenvalue weighted by Crippen LogP contribution is -1.93. The molecule has 1 heterocycles. The number of hydrogen-bond donors (Lipinski definition) is 1. The Balaban J connectivity index is 2.67. The van der Waals surface area contributed by atoms with Crippen LogP contribution in [0.3, 0.4) is 0 Å². The number of ketones is 1. The summed E-state index contributed by atoms with van der Waals surface area (Å²) in [5, 5.41) is 0.937. The van der Waals surface area contributed by atoms with Gasteiger partial charge in [-0.1, -0.05) is 6.07 Å². The Morgan fingerprint density at radius 1 is 1.36 bits per heavy atom. The number of Topliss-reactive ketones (excluding diaryl/α,β-unsaturated/α-hetero) is 1. The van der Waals surface area contributed by atoms with Crippen LogP contribution in [-0.4, -0.2) is 10.8 Å². The summed E-state index contributed by atoms with van der Waals surface area (Å²) in [6.07, 6.45) is 1.57. The van der Waals surface area contributed by atoms with Crippen LogP contribution in [0.4, 0.5) is 5.69 Å². The first-order valence-corrected chi connectivity index (χ1v) is 4.33. The highest BCUT2D eigenvalue weighted by Crippen LogP contribution is 2.16. The maximum Gasteiger partial charge on any atom is 0.161 e. The summed E-state index contributed by atoms with van der Waals surface area (Å²) in [6.45, 7) is 1.53. The topological polar surface area (TPSA) is 56.0 Å². The van der Waals surface area contributed by atoms with Gasteiger partial charge in [0.1, 0.15) is 0 Å². The molecule has 1 aromatic heterocycles. The van der Waals surface area contributed by atoms with Gasteiger partial charge >= 0.3 is 0 Å². The highest BCUT2D eigenvalue weighted by atomic mass is 16.1. The first-order valence-electron chi connectivity index (χ1n) is 4.33. The first kappa shape index (κ1) is 8.69. The van der Waals surface area contributed by atoms with Gasteiger partial charge in [0.25, 0.3) is 0 Å². The Bertz CT molecular complexity index is 506. The number of fused-ring (bicyclic) bond motifs is 1. The third kappa shape index (κ3) is 1.44. The minimum Gasteiger partial charge on any atom is -0.399 e. The number of carbonyl (C=O) groups is 1. The SMILES string of the molecule is CC(=O)c1cnc2cc(N)ccc2c1. The number of anilines is 1. The number of aromatic nitrogens is 1. The van der Waals surface area contributed by atoms with Crippen molar-refractivity contribution in [3.63, 3.8) is 0 Å². The van der Waals surface area contributed by atoms with Gasteiger partial charge in [0, 0.05) is 22.8 Å². The number of pyridine rings is 1. The lowest BCUT2D eigenvalue weighted by atomic mass is 10.1.